The highest BCUT2D eigenvalue weighted by molar-refractivity contribution is 6.81. The van der Waals surface area contributed by atoms with Crippen LogP contribution >= 0.6 is 0 Å². The largest absolute Gasteiger partial charge is 0.437 e. The van der Waals surface area contributed by atoms with Gasteiger partial charge in [0, 0.05) is 0 Å². The number of hydrogen-bond donors (Lipinski definition) is 1. The van der Waals surface area contributed by atoms with Gasteiger partial charge in [-0.25, -0.2) is 0 Å². The zero-order valence-electron chi connectivity index (χ0n) is 12.0. The molecule has 0 aliphatic rings. The lowest BCUT2D eigenvalue weighted by Crippen LogP contribution is -2.55. The molecule has 1 atom stereocenters. The lowest BCUT2D eigenvalue weighted by Gasteiger charge is -2.38. The molecule has 0 fully saturated rings. The standard InChI is InChI=1S/C10H28O3Si3/c1-9-10(2,11)14(12-15(3,4)5)13-16(6,7)8/h11,14H,9H2,1-8H3. The van der Waals surface area contributed by atoms with E-state index in [1.54, 1.807) is 0 Å². The fraction of sp³-hybridized carbons (Fsp3) is 1.00. The van der Waals surface area contributed by atoms with Crippen LogP contribution < -0.4 is 0 Å². The lowest BCUT2D eigenvalue weighted by molar-refractivity contribution is 0.101. The smallest absolute Gasteiger partial charge is 0.333 e. The van der Waals surface area contributed by atoms with E-state index in [1.807, 2.05) is 13.8 Å². The molecule has 0 aliphatic carbocycles. The van der Waals surface area contributed by atoms with Gasteiger partial charge in [0.25, 0.3) is 0 Å². The van der Waals surface area contributed by atoms with E-state index in [-0.39, 0.29) is 0 Å². The summed E-state index contributed by atoms with van der Waals surface area (Å²) in [6.45, 7) is 16.7. The topological polar surface area (TPSA) is 38.7 Å². The Balaban J connectivity index is 4.79. The highest BCUT2D eigenvalue weighted by atomic mass is 28.4. The third-order valence-corrected chi connectivity index (χ3v) is 10.9. The van der Waals surface area contributed by atoms with Crippen molar-refractivity contribution in [1.82, 2.24) is 0 Å². The predicted octanol–water partition coefficient (Wildman–Crippen LogP) is 2.61. The molecule has 0 spiro atoms. The van der Waals surface area contributed by atoms with Gasteiger partial charge >= 0.3 is 9.28 Å². The first kappa shape index (κ1) is 16.5. The molecule has 0 aromatic rings. The molecule has 1 N–H and O–H groups in total. The van der Waals surface area contributed by atoms with Crippen molar-refractivity contribution in [2.45, 2.75) is 64.8 Å². The van der Waals surface area contributed by atoms with Crippen molar-refractivity contribution in [3.63, 3.8) is 0 Å². The van der Waals surface area contributed by atoms with Crippen LogP contribution in [0.2, 0.25) is 39.3 Å². The molecule has 6 heteroatoms. The summed E-state index contributed by atoms with van der Waals surface area (Å²) in [6.07, 6.45) is 0.693. The quantitative estimate of drug-likeness (QED) is 0.760. The first-order chi connectivity index (χ1) is 6.87. The first-order valence-electron chi connectivity index (χ1n) is 5.95. The van der Waals surface area contributed by atoms with Crippen LogP contribution in [0.25, 0.3) is 0 Å². The van der Waals surface area contributed by atoms with E-state index in [9.17, 15) is 5.11 Å². The summed E-state index contributed by atoms with van der Waals surface area (Å²) in [4.78, 5) is 0. The van der Waals surface area contributed by atoms with Gasteiger partial charge in [-0.15, -0.1) is 0 Å². The van der Waals surface area contributed by atoms with Gasteiger partial charge in [-0.2, -0.15) is 0 Å². The van der Waals surface area contributed by atoms with Gasteiger partial charge in [0.15, 0.2) is 16.6 Å². The van der Waals surface area contributed by atoms with Crippen LogP contribution in [0.3, 0.4) is 0 Å². The van der Waals surface area contributed by atoms with Crippen LogP contribution in [-0.4, -0.2) is 36.2 Å². The van der Waals surface area contributed by atoms with Gasteiger partial charge in [-0.1, -0.05) is 6.92 Å². The van der Waals surface area contributed by atoms with Crippen LogP contribution in [-0.2, 0) is 8.23 Å². The second-order valence-electron chi connectivity index (χ2n) is 6.50. The molecule has 0 aromatic heterocycles. The van der Waals surface area contributed by atoms with Gasteiger partial charge in [-0.05, 0) is 52.6 Å². The summed E-state index contributed by atoms with van der Waals surface area (Å²) < 4.78 is 12.2. The van der Waals surface area contributed by atoms with Crippen LogP contribution in [0.1, 0.15) is 20.3 Å². The van der Waals surface area contributed by atoms with Gasteiger partial charge in [0.05, 0.1) is 0 Å². The van der Waals surface area contributed by atoms with Crippen molar-refractivity contribution < 1.29 is 13.3 Å². The lowest BCUT2D eigenvalue weighted by atomic mass is 10.3. The number of rotatable bonds is 6. The minimum Gasteiger partial charge on any atom is -0.437 e. The fourth-order valence-corrected chi connectivity index (χ4v) is 9.21. The Hall–Kier alpha value is 0.531. The molecule has 0 radical (unpaired) electrons. The molecule has 3 nitrogen and oxygen atoms in total. The van der Waals surface area contributed by atoms with Gasteiger partial charge in [0.1, 0.15) is 5.22 Å². The highest BCUT2D eigenvalue weighted by Crippen LogP contribution is 2.22. The molecule has 0 heterocycles. The summed E-state index contributed by atoms with van der Waals surface area (Å²) in [5.74, 6) is 0. The van der Waals surface area contributed by atoms with Crippen LogP contribution in [0.15, 0.2) is 0 Å². The molecule has 0 aliphatic heterocycles. The van der Waals surface area contributed by atoms with Crippen molar-refractivity contribution in [3.8, 4) is 0 Å². The monoisotopic (exact) mass is 280 g/mol. The molecule has 0 bridgehead atoms. The molecule has 16 heavy (non-hydrogen) atoms. The Labute approximate surface area is 104 Å². The molecule has 0 saturated carbocycles. The summed E-state index contributed by atoms with van der Waals surface area (Å²) >= 11 is 0. The number of aliphatic hydroxyl groups is 1. The molecular formula is C10H28O3Si3. The Kier molecular flexibility index (Phi) is 5.63. The fourth-order valence-electron chi connectivity index (χ4n) is 1.09. The van der Waals surface area contributed by atoms with E-state index in [0.29, 0.717) is 6.42 Å². The zero-order chi connectivity index (χ0) is 13.2. The summed E-state index contributed by atoms with van der Waals surface area (Å²) in [6, 6.07) is 0. The molecule has 1 unspecified atom stereocenters. The van der Waals surface area contributed by atoms with Crippen molar-refractivity contribution in [3.05, 3.63) is 0 Å². The maximum Gasteiger partial charge on any atom is 0.333 e. The Morgan fingerprint density at radius 2 is 1.31 bits per heavy atom. The zero-order valence-corrected chi connectivity index (χ0v) is 15.2. The normalized spacial score (nSPS) is 17.6. The van der Waals surface area contributed by atoms with Crippen molar-refractivity contribution in [2.24, 2.45) is 0 Å². The van der Waals surface area contributed by atoms with E-state index < -0.39 is 31.1 Å². The van der Waals surface area contributed by atoms with Crippen molar-refractivity contribution in [1.29, 1.82) is 0 Å². The van der Waals surface area contributed by atoms with Crippen LogP contribution in [0.4, 0.5) is 0 Å². The third kappa shape index (κ3) is 6.97. The molecule has 0 saturated heterocycles. The highest BCUT2D eigenvalue weighted by Gasteiger charge is 2.41. The Morgan fingerprint density at radius 3 is 1.50 bits per heavy atom. The van der Waals surface area contributed by atoms with E-state index in [0.717, 1.165) is 0 Å². The first-order valence-corrected chi connectivity index (χ1v) is 14.3. The summed E-state index contributed by atoms with van der Waals surface area (Å²) in [5, 5.41) is 9.60. The predicted molar refractivity (Wildman–Crippen MR) is 76.9 cm³/mol. The third-order valence-electron chi connectivity index (χ3n) is 2.14. The van der Waals surface area contributed by atoms with E-state index in [2.05, 4.69) is 39.3 Å². The van der Waals surface area contributed by atoms with Crippen LogP contribution in [0, 0.1) is 0 Å². The maximum absolute atomic E-state index is 10.4. The second kappa shape index (κ2) is 5.45. The minimum atomic E-state index is -2.01. The van der Waals surface area contributed by atoms with Crippen LogP contribution in [0.5, 0.6) is 0 Å². The van der Waals surface area contributed by atoms with Gasteiger partial charge in [0.2, 0.25) is 0 Å². The maximum atomic E-state index is 10.4. The van der Waals surface area contributed by atoms with E-state index in [1.165, 1.54) is 0 Å². The van der Waals surface area contributed by atoms with Crippen molar-refractivity contribution >= 4 is 25.9 Å². The molecule has 0 aromatic carbocycles. The second-order valence-corrected chi connectivity index (χ2v) is 18.7. The Bertz CT molecular complexity index is 202. The minimum absolute atomic E-state index is 0.693. The van der Waals surface area contributed by atoms with E-state index in [4.69, 9.17) is 8.23 Å². The molecular weight excluding hydrogens is 252 g/mol. The Morgan fingerprint density at radius 1 is 1.00 bits per heavy atom. The average molecular weight is 281 g/mol. The number of hydrogen-bond acceptors (Lipinski definition) is 3. The van der Waals surface area contributed by atoms with Gasteiger partial charge in [-0.3, -0.25) is 0 Å². The molecule has 98 valence electrons. The van der Waals surface area contributed by atoms with E-state index >= 15 is 0 Å². The molecule has 0 rings (SSSR count). The summed E-state index contributed by atoms with van der Waals surface area (Å²) in [5.41, 5.74) is 0. The van der Waals surface area contributed by atoms with Crippen molar-refractivity contribution in [2.75, 3.05) is 0 Å². The average Bonchev–Trinajstić information content (AvgIpc) is 1.97. The summed E-state index contributed by atoms with van der Waals surface area (Å²) in [7, 11) is -5.31. The molecule has 0 amide bonds. The SMILES string of the molecule is CCC(C)(O)[SiH](O[Si](C)(C)C)O[Si](C)(C)C. The van der Waals surface area contributed by atoms with Gasteiger partial charge < -0.3 is 13.3 Å².